The normalized spacial score (nSPS) is 10.6. The van der Waals surface area contributed by atoms with E-state index in [1.54, 1.807) is 31.0 Å². The highest BCUT2D eigenvalue weighted by Crippen LogP contribution is 2.36. The maximum Gasteiger partial charge on any atom is 0.145 e. The van der Waals surface area contributed by atoms with Gasteiger partial charge in [-0.3, -0.25) is 4.68 Å². The second kappa shape index (κ2) is 6.45. The molecule has 0 aliphatic carbocycles. The SMILES string of the molecule is COc1cc(OC)c(NCc2c(C)nn(C)c2Cl)cc1Cl. The molecule has 21 heavy (non-hydrogen) atoms. The molecule has 0 amide bonds. The zero-order valence-electron chi connectivity index (χ0n) is 12.3. The number of benzene rings is 1. The molecule has 5 nitrogen and oxygen atoms in total. The molecular formula is C14H17Cl2N3O2. The summed E-state index contributed by atoms with van der Waals surface area (Å²) in [6.07, 6.45) is 0. The molecule has 0 aliphatic rings. The monoisotopic (exact) mass is 329 g/mol. The lowest BCUT2D eigenvalue weighted by atomic mass is 10.2. The van der Waals surface area contributed by atoms with Gasteiger partial charge in [0.2, 0.25) is 0 Å². The largest absolute Gasteiger partial charge is 0.495 e. The van der Waals surface area contributed by atoms with E-state index in [1.165, 1.54) is 0 Å². The molecule has 0 atom stereocenters. The Hall–Kier alpha value is -1.59. The summed E-state index contributed by atoms with van der Waals surface area (Å²) < 4.78 is 12.2. The highest BCUT2D eigenvalue weighted by molar-refractivity contribution is 6.32. The Morgan fingerprint density at radius 2 is 1.86 bits per heavy atom. The minimum Gasteiger partial charge on any atom is -0.495 e. The van der Waals surface area contributed by atoms with E-state index in [0.29, 0.717) is 28.2 Å². The van der Waals surface area contributed by atoms with Crippen LogP contribution >= 0.6 is 23.2 Å². The van der Waals surface area contributed by atoms with E-state index in [9.17, 15) is 0 Å². The number of methoxy groups -OCH3 is 2. The predicted octanol–water partition coefficient (Wildman–Crippen LogP) is 3.66. The van der Waals surface area contributed by atoms with Gasteiger partial charge in [0, 0.05) is 25.2 Å². The lowest BCUT2D eigenvalue weighted by molar-refractivity contribution is 0.395. The average Bonchev–Trinajstić information content (AvgIpc) is 2.70. The van der Waals surface area contributed by atoms with Crippen molar-refractivity contribution in [1.82, 2.24) is 9.78 Å². The van der Waals surface area contributed by atoms with Gasteiger partial charge in [0.05, 0.1) is 30.6 Å². The summed E-state index contributed by atoms with van der Waals surface area (Å²) in [6.45, 7) is 2.44. The second-order valence-electron chi connectivity index (χ2n) is 4.52. The van der Waals surface area contributed by atoms with Crippen molar-refractivity contribution in [2.45, 2.75) is 13.5 Å². The average molecular weight is 330 g/mol. The number of anilines is 1. The first kappa shape index (κ1) is 15.8. The maximum atomic E-state index is 6.22. The van der Waals surface area contributed by atoms with Crippen molar-refractivity contribution in [2.75, 3.05) is 19.5 Å². The molecule has 2 rings (SSSR count). The predicted molar refractivity (Wildman–Crippen MR) is 84.8 cm³/mol. The molecule has 0 saturated carbocycles. The zero-order chi connectivity index (χ0) is 15.6. The third-order valence-electron chi connectivity index (χ3n) is 3.20. The summed E-state index contributed by atoms with van der Waals surface area (Å²) >= 11 is 12.4. The summed E-state index contributed by atoms with van der Waals surface area (Å²) in [5, 5.41) is 8.66. The second-order valence-corrected chi connectivity index (χ2v) is 5.28. The van der Waals surface area contributed by atoms with Crippen LogP contribution in [0.4, 0.5) is 5.69 Å². The van der Waals surface area contributed by atoms with E-state index >= 15 is 0 Å². The van der Waals surface area contributed by atoms with E-state index in [-0.39, 0.29) is 0 Å². The van der Waals surface area contributed by atoms with Crippen LogP contribution in [0.3, 0.4) is 0 Å². The highest BCUT2D eigenvalue weighted by atomic mass is 35.5. The first-order valence-electron chi connectivity index (χ1n) is 6.31. The summed E-state index contributed by atoms with van der Waals surface area (Å²) in [6, 6.07) is 3.50. The van der Waals surface area contributed by atoms with Crippen LogP contribution in [0.25, 0.3) is 0 Å². The van der Waals surface area contributed by atoms with E-state index < -0.39 is 0 Å². The molecule has 0 fully saturated rings. The molecule has 2 aromatic rings. The van der Waals surface area contributed by atoms with E-state index in [2.05, 4.69) is 10.4 Å². The summed E-state index contributed by atoms with van der Waals surface area (Å²) in [4.78, 5) is 0. The number of nitrogens with zero attached hydrogens (tertiary/aromatic N) is 2. The third kappa shape index (κ3) is 3.19. The fourth-order valence-electron chi connectivity index (χ4n) is 2.06. The van der Waals surface area contributed by atoms with Crippen molar-refractivity contribution in [3.8, 4) is 11.5 Å². The van der Waals surface area contributed by atoms with Crippen LogP contribution in [0, 0.1) is 6.92 Å². The fourth-order valence-corrected chi connectivity index (χ4v) is 2.54. The highest BCUT2D eigenvalue weighted by Gasteiger charge is 2.13. The number of rotatable bonds is 5. The van der Waals surface area contributed by atoms with Gasteiger partial charge in [-0.25, -0.2) is 0 Å². The minimum atomic E-state index is 0.509. The molecule has 0 unspecified atom stereocenters. The van der Waals surface area contributed by atoms with Gasteiger partial charge in [0.15, 0.2) is 0 Å². The molecule has 1 N–H and O–H groups in total. The van der Waals surface area contributed by atoms with Crippen LogP contribution in [-0.4, -0.2) is 24.0 Å². The molecule has 0 bridgehead atoms. The van der Waals surface area contributed by atoms with E-state index in [4.69, 9.17) is 32.7 Å². The number of nitrogens with one attached hydrogen (secondary N) is 1. The van der Waals surface area contributed by atoms with Gasteiger partial charge in [0.25, 0.3) is 0 Å². The van der Waals surface area contributed by atoms with Crippen molar-refractivity contribution >= 4 is 28.9 Å². The fraction of sp³-hybridized carbons (Fsp3) is 0.357. The number of hydrogen-bond acceptors (Lipinski definition) is 4. The lowest BCUT2D eigenvalue weighted by Gasteiger charge is -2.14. The van der Waals surface area contributed by atoms with Gasteiger partial charge < -0.3 is 14.8 Å². The Kier molecular flexibility index (Phi) is 4.85. The van der Waals surface area contributed by atoms with Crippen LogP contribution in [0.1, 0.15) is 11.3 Å². The number of ether oxygens (including phenoxy) is 2. The van der Waals surface area contributed by atoms with Gasteiger partial charge in [0.1, 0.15) is 16.7 Å². The molecule has 1 aromatic carbocycles. The van der Waals surface area contributed by atoms with Crippen LogP contribution < -0.4 is 14.8 Å². The molecular weight excluding hydrogens is 313 g/mol. The molecule has 0 radical (unpaired) electrons. The molecule has 0 spiro atoms. The van der Waals surface area contributed by atoms with Crippen molar-refractivity contribution in [3.63, 3.8) is 0 Å². The summed E-state index contributed by atoms with van der Waals surface area (Å²) in [5.74, 6) is 1.21. The quantitative estimate of drug-likeness (QED) is 0.909. The molecule has 0 saturated heterocycles. The summed E-state index contributed by atoms with van der Waals surface area (Å²) in [7, 11) is 4.96. The van der Waals surface area contributed by atoms with Gasteiger partial charge in [-0.2, -0.15) is 5.10 Å². The Labute approximate surface area is 133 Å². The third-order valence-corrected chi connectivity index (χ3v) is 3.97. The van der Waals surface area contributed by atoms with Crippen molar-refractivity contribution in [1.29, 1.82) is 0 Å². The van der Waals surface area contributed by atoms with Crippen molar-refractivity contribution in [3.05, 3.63) is 33.6 Å². The van der Waals surface area contributed by atoms with Crippen molar-refractivity contribution < 1.29 is 9.47 Å². The Balaban J connectivity index is 2.25. The molecule has 114 valence electrons. The molecule has 1 aromatic heterocycles. The number of hydrogen-bond donors (Lipinski definition) is 1. The molecule has 7 heteroatoms. The standard InChI is InChI=1S/C14H17Cl2N3O2/c1-8-9(14(16)19(2)18-8)7-17-11-5-10(15)12(20-3)6-13(11)21-4/h5-6,17H,7H2,1-4H3. The maximum absolute atomic E-state index is 6.22. The Bertz CT molecular complexity index is 656. The molecule has 1 heterocycles. The number of aryl methyl sites for hydroxylation is 2. The van der Waals surface area contributed by atoms with Gasteiger partial charge in [-0.05, 0) is 13.0 Å². The van der Waals surface area contributed by atoms with Crippen molar-refractivity contribution in [2.24, 2.45) is 7.05 Å². The lowest BCUT2D eigenvalue weighted by Crippen LogP contribution is -2.03. The Morgan fingerprint density at radius 3 is 2.38 bits per heavy atom. The number of aromatic nitrogens is 2. The van der Waals surface area contributed by atoms with Crippen LogP contribution in [0.15, 0.2) is 12.1 Å². The van der Waals surface area contributed by atoms with Gasteiger partial charge >= 0.3 is 0 Å². The van der Waals surface area contributed by atoms with Crippen LogP contribution in [-0.2, 0) is 13.6 Å². The smallest absolute Gasteiger partial charge is 0.145 e. The minimum absolute atomic E-state index is 0.509. The first-order valence-corrected chi connectivity index (χ1v) is 7.06. The summed E-state index contributed by atoms with van der Waals surface area (Å²) in [5.41, 5.74) is 2.59. The van der Waals surface area contributed by atoms with E-state index in [0.717, 1.165) is 16.9 Å². The Morgan fingerprint density at radius 1 is 1.19 bits per heavy atom. The topological polar surface area (TPSA) is 48.3 Å². The zero-order valence-corrected chi connectivity index (χ0v) is 13.8. The molecule has 0 aliphatic heterocycles. The van der Waals surface area contributed by atoms with Gasteiger partial charge in [-0.1, -0.05) is 23.2 Å². The van der Waals surface area contributed by atoms with Gasteiger partial charge in [-0.15, -0.1) is 0 Å². The van der Waals surface area contributed by atoms with E-state index in [1.807, 2.05) is 14.0 Å². The van der Waals surface area contributed by atoms with Crippen LogP contribution in [0.5, 0.6) is 11.5 Å². The van der Waals surface area contributed by atoms with Crippen LogP contribution in [0.2, 0.25) is 10.2 Å². The first-order chi connectivity index (χ1) is 9.97. The number of halogens is 2.